The minimum absolute atomic E-state index is 0.638. The first-order chi connectivity index (χ1) is 15.1. The van der Waals surface area contributed by atoms with Gasteiger partial charge in [-0.25, -0.2) is 0 Å². The summed E-state index contributed by atoms with van der Waals surface area (Å²) in [6, 6.07) is 16.7. The zero-order valence-electron chi connectivity index (χ0n) is 18.8. The highest BCUT2D eigenvalue weighted by Crippen LogP contribution is 2.17. The summed E-state index contributed by atoms with van der Waals surface area (Å²) in [5.74, 6) is 1.74. The Morgan fingerprint density at radius 1 is 0.812 bits per heavy atom. The van der Waals surface area contributed by atoms with E-state index < -0.39 is 7.25 Å². The van der Waals surface area contributed by atoms with Crippen molar-refractivity contribution in [1.29, 1.82) is 0 Å². The fourth-order valence-corrected chi connectivity index (χ4v) is 2.55. The minimum Gasteiger partial charge on any atom is -0.493 e. The molecule has 172 valence electrons. The summed E-state index contributed by atoms with van der Waals surface area (Å²) in [4.78, 5) is 0. The maximum Gasteiger partial charge on any atom is 0.673 e. The molecular weight excluding hydrogens is 419 g/mol. The summed E-state index contributed by atoms with van der Waals surface area (Å²) in [5, 5.41) is 0. The Labute approximate surface area is 187 Å². The fraction of sp³-hybridized carbons (Fsp3) is 0.240. The quantitative estimate of drug-likeness (QED) is 0.0778. The largest absolute Gasteiger partial charge is 0.673 e. The third-order valence-corrected chi connectivity index (χ3v) is 3.99. The molecule has 0 saturated heterocycles. The maximum absolute atomic E-state index is 9.75. The highest BCUT2D eigenvalue weighted by atomic mass is 19.5. The van der Waals surface area contributed by atoms with E-state index in [1.54, 1.807) is 0 Å². The van der Waals surface area contributed by atoms with E-state index in [-0.39, 0.29) is 0 Å². The molecule has 0 heterocycles. The monoisotopic (exact) mass is 448 g/mol. The van der Waals surface area contributed by atoms with Gasteiger partial charge in [0.15, 0.2) is 0 Å². The van der Waals surface area contributed by atoms with Crippen molar-refractivity contribution < 1.29 is 26.4 Å². The minimum atomic E-state index is -6.00. The Kier molecular flexibility index (Phi) is 11.8. The molecule has 0 saturated carbocycles. The van der Waals surface area contributed by atoms with E-state index in [9.17, 15) is 17.3 Å². The standard InChI is InChI=1S/C25H29O2.BF4/c1-5-26-24(22-16-12-20(3)13-17-22)10-8-7-9-11-25(27-6-2)23-18-14-21(4)15-19-23;2-1(3,4)5/h7-19H,5-6H2,1-4H3;/q+1;-1. The topological polar surface area (TPSA) is 20.5 Å². The predicted molar refractivity (Wildman–Crippen MR) is 125 cm³/mol. The zero-order valence-corrected chi connectivity index (χ0v) is 18.8. The number of benzene rings is 2. The molecule has 0 aliphatic heterocycles. The van der Waals surface area contributed by atoms with Gasteiger partial charge >= 0.3 is 13.0 Å². The van der Waals surface area contributed by atoms with Crippen LogP contribution >= 0.6 is 0 Å². The lowest BCUT2D eigenvalue weighted by Crippen LogP contribution is -2.02. The van der Waals surface area contributed by atoms with Gasteiger partial charge in [0.2, 0.25) is 0 Å². The van der Waals surface area contributed by atoms with Crippen LogP contribution in [-0.2, 0) is 4.74 Å². The zero-order chi connectivity index (χ0) is 24.0. The van der Waals surface area contributed by atoms with Crippen molar-refractivity contribution in [2.75, 3.05) is 13.2 Å². The summed E-state index contributed by atoms with van der Waals surface area (Å²) in [6.07, 6.45) is 9.94. The molecule has 0 spiro atoms. The molecule has 0 aliphatic carbocycles. The number of ether oxygens (including phenoxy) is 1. The molecule has 0 amide bonds. The summed E-state index contributed by atoms with van der Waals surface area (Å²) in [7, 11) is -6.00. The van der Waals surface area contributed by atoms with Gasteiger partial charge in [-0.1, -0.05) is 65.8 Å². The highest BCUT2D eigenvalue weighted by Gasteiger charge is 2.20. The van der Waals surface area contributed by atoms with Crippen molar-refractivity contribution in [3.05, 3.63) is 101 Å². The third-order valence-electron chi connectivity index (χ3n) is 3.99. The van der Waals surface area contributed by atoms with Gasteiger partial charge in [-0.2, -0.15) is 0 Å². The van der Waals surface area contributed by atoms with Gasteiger partial charge < -0.3 is 22.0 Å². The molecule has 2 nitrogen and oxygen atoms in total. The number of carbonyl (C=O) groups excluding carboxylic acids is 1. The number of hydrogen-bond donors (Lipinski definition) is 0. The number of allylic oxidation sites excluding steroid dienone is 5. The van der Waals surface area contributed by atoms with Crippen molar-refractivity contribution in [1.82, 2.24) is 0 Å². The predicted octanol–water partition coefficient (Wildman–Crippen LogP) is 7.53. The van der Waals surface area contributed by atoms with E-state index >= 15 is 0 Å². The molecule has 2 aromatic carbocycles. The Morgan fingerprint density at radius 2 is 1.31 bits per heavy atom. The molecule has 0 radical (unpaired) electrons. The molecule has 0 bridgehead atoms. The molecule has 2 rings (SSSR count). The third kappa shape index (κ3) is 11.9. The van der Waals surface area contributed by atoms with E-state index in [2.05, 4.69) is 62.4 Å². The lowest BCUT2D eigenvalue weighted by Gasteiger charge is -2.08. The Morgan fingerprint density at radius 3 is 1.78 bits per heavy atom. The Hall–Kier alpha value is -3.09. The second-order valence-corrected chi connectivity index (χ2v) is 6.73. The van der Waals surface area contributed by atoms with Gasteiger partial charge in [0.05, 0.1) is 12.2 Å². The van der Waals surface area contributed by atoms with Crippen molar-refractivity contribution in [2.45, 2.75) is 27.7 Å². The lowest BCUT2D eigenvalue weighted by molar-refractivity contribution is -0.261. The molecule has 0 unspecified atom stereocenters. The van der Waals surface area contributed by atoms with E-state index in [0.717, 1.165) is 22.7 Å². The van der Waals surface area contributed by atoms with Gasteiger partial charge in [-0.3, -0.25) is 4.42 Å². The summed E-state index contributed by atoms with van der Waals surface area (Å²) in [5.41, 5.74) is 4.64. The second-order valence-electron chi connectivity index (χ2n) is 6.73. The molecule has 0 atom stereocenters. The van der Waals surface area contributed by atoms with Gasteiger partial charge in [-0.05, 0) is 39.0 Å². The smallest absolute Gasteiger partial charge is 0.493 e. The van der Waals surface area contributed by atoms with E-state index in [1.165, 1.54) is 11.1 Å². The van der Waals surface area contributed by atoms with Crippen molar-refractivity contribution in [3.8, 4) is 0 Å². The second kappa shape index (κ2) is 14.1. The van der Waals surface area contributed by atoms with Crippen LogP contribution in [0.2, 0.25) is 0 Å². The van der Waals surface area contributed by atoms with Crippen LogP contribution in [0.4, 0.5) is 17.3 Å². The summed E-state index contributed by atoms with van der Waals surface area (Å²) < 4.78 is 50.5. The summed E-state index contributed by atoms with van der Waals surface area (Å²) >= 11 is 0. The maximum atomic E-state index is 9.75. The summed E-state index contributed by atoms with van der Waals surface area (Å²) in [6.45, 7) is 9.43. The first-order valence-corrected chi connectivity index (χ1v) is 10.3. The average Bonchev–Trinajstić information content (AvgIpc) is 2.72. The highest BCUT2D eigenvalue weighted by molar-refractivity contribution is 6.50. The number of hydrogen-bond acceptors (Lipinski definition) is 1. The van der Waals surface area contributed by atoms with Crippen LogP contribution in [0, 0.1) is 13.8 Å². The first-order valence-electron chi connectivity index (χ1n) is 10.3. The van der Waals surface area contributed by atoms with Crippen LogP contribution in [0.3, 0.4) is 0 Å². The Bertz CT molecular complexity index is 920. The van der Waals surface area contributed by atoms with E-state index in [1.807, 2.05) is 44.2 Å². The van der Waals surface area contributed by atoms with Crippen molar-refractivity contribution >= 4 is 18.8 Å². The van der Waals surface area contributed by atoms with Gasteiger partial charge in [0.1, 0.15) is 5.76 Å². The van der Waals surface area contributed by atoms with Crippen LogP contribution in [-0.4, -0.2) is 26.3 Å². The lowest BCUT2D eigenvalue weighted by atomic mass is 10.1. The molecule has 0 N–H and O–H groups in total. The van der Waals surface area contributed by atoms with Gasteiger partial charge in [0, 0.05) is 18.6 Å². The molecule has 0 fully saturated rings. The molecule has 2 aromatic rings. The molecule has 32 heavy (non-hydrogen) atoms. The van der Waals surface area contributed by atoms with Crippen LogP contribution in [0.15, 0.2) is 78.9 Å². The van der Waals surface area contributed by atoms with Crippen LogP contribution < -0.4 is 0 Å². The molecule has 7 heteroatoms. The van der Waals surface area contributed by atoms with Gasteiger partial charge in [0.25, 0.3) is 6.61 Å². The van der Waals surface area contributed by atoms with E-state index in [0.29, 0.717) is 13.2 Å². The van der Waals surface area contributed by atoms with Crippen LogP contribution in [0.1, 0.15) is 40.5 Å². The van der Waals surface area contributed by atoms with Crippen LogP contribution in [0.25, 0.3) is 5.76 Å². The van der Waals surface area contributed by atoms with Crippen LogP contribution in [0.5, 0.6) is 0 Å². The Balaban J connectivity index is 0.000000920. The van der Waals surface area contributed by atoms with Gasteiger partial charge in [-0.15, -0.1) is 0 Å². The number of halogens is 4. The molecular formula is C25H29BF4O2. The first kappa shape index (κ1) is 26.9. The number of ketones is 1. The SMILES string of the molecule is CCOC(=CC=CC=CC(=[O+]CC)c1ccc(C)cc1)c1ccc(C)cc1.F[B-](F)(F)F. The van der Waals surface area contributed by atoms with Crippen molar-refractivity contribution in [2.24, 2.45) is 0 Å². The normalized spacial score (nSPS) is 12.8. The fourth-order valence-electron chi connectivity index (χ4n) is 2.55. The van der Waals surface area contributed by atoms with E-state index in [4.69, 9.17) is 9.16 Å². The molecule has 0 aliphatic rings. The molecule has 0 aromatic heterocycles. The average molecular weight is 448 g/mol. The van der Waals surface area contributed by atoms with Crippen molar-refractivity contribution in [3.63, 3.8) is 0 Å². The number of rotatable bonds is 8. The number of aryl methyl sites for hydroxylation is 2.